The average molecular weight is 363 g/mol. The third-order valence-electron chi connectivity index (χ3n) is 7.58. The summed E-state index contributed by atoms with van der Waals surface area (Å²) in [6.07, 6.45) is 13.2. The molecule has 0 spiro atoms. The van der Waals surface area contributed by atoms with Crippen LogP contribution in [0.4, 0.5) is 0 Å². The van der Waals surface area contributed by atoms with E-state index in [1.165, 1.54) is 51.4 Å². The Morgan fingerprint density at radius 1 is 0.692 bits per heavy atom. The third kappa shape index (κ3) is 4.26. The fourth-order valence-corrected chi connectivity index (χ4v) is 5.83. The fourth-order valence-electron chi connectivity index (χ4n) is 5.83. The minimum atomic E-state index is -0.186. The molecule has 2 N–H and O–H groups in total. The summed E-state index contributed by atoms with van der Waals surface area (Å²) in [5, 5.41) is 0. The summed E-state index contributed by atoms with van der Waals surface area (Å²) >= 11 is 0. The van der Waals surface area contributed by atoms with Gasteiger partial charge in [0.05, 0.1) is 0 Å². The highest BCUT2D eigenvalue weighted by molar-refractivity contribution is 5.81. The molecule has 0 radical (unpaired) electrons. The Balaban J connectivity index is 1.76. The van der Waals surface area contributed by atoms with Crippen molar-refractivity contribution in [1.29, 1.82) is 0 Å². The Morgan fingerprint density at radius 3 is 1.54 bits per heavy atom. The predicted molar refractivity (Wildman–Crippen MR) is 104 cm³/mol. The number of nitrogens with two attached hydrogens (primary N) is 1. The van der Waals surface area contributed by atoms with Gasteiger partial charge in [-0.2, -0.15) is 0 Å². The predicted octanol–water partition coefficient (Wildman–Crippen LogP) is 4.26. The van der Waals surface area contributed by atoms with E-state index >= 15 is 0 Å². The second-order valence-corrected chi connectivity index (χ2v) is 9.35. The summed E-state index contributed by atoms with van der Waals surface area (Å²) in [7, 11) is 0. The van der Waals surface area contributed by atoms with Gasteiger partial charge in [0.15, 0.2) is 0 Å². The van der Waals surface area contributed by atoms with Gasteiger partial charge in [0.2, 0.25) is 11.8 Å². The van der Waals surface area contributed by atoms with Crippen molar-refractivity contribution in [3.63, 3.8) is 0 Å². The molecule has 4 unspecified atom stereocenters. The minimum Gasteiger partial charge on any atom is -0.369 e. The van der Waals surface area contributed by atoms with Gasteiger partial charge in [0.25, 0.3) is 0 Å². The molecule has 2 amide bonds. The second kappa shape index (κ2) is 8.75. The van der Waals surface area contributed by atoms with Crippen LogP contribution in [0.1, 0.15) is 90.9 Å². The number of carbonyl (C=O) groups is 2. The molecule has 3 rings (SSSR count). The van der Waals surface area contributed by atoms with Crippen molar-refractivity contribution in [2.45, 2.75) is 103 Å². The van der Waals surface area contributed by atoms with Crippen LogP contribution in [0.2, 0.25) is 0 Å². The van der Waals surface area contributed by atoms with Gasteiger partial charge < -0.3 is 10.6 Å². The van der Waals surface area contributed by atoms with E-state index in [9.17, 15) is 9.59 Å². The number of amides is 2. The quantitative estimate of drug-likeness (QED) is 0.812. The maximum atomic E-state index is 13.7. The molecule has 0 saturated heterocycles. The molecule has 0 aromatic rings. The molecular weight excluding hydrogens is 324 g/mol. The Morgan fingerprint density at radius 2 is 1.12 bits per heavy atom. The normalized spacial score (nSPS) is 38.5. The Bertz CT molecular complexity index is 476. The average Bonchev–Trinajstić information content (AvgIpc) is 2.65. The Labute approximate surface area is 159 Å². The molecule has 0 bridgehead atoms. The summed E-state index contributed by atoms with van der Waals surface area (Å²) < 4.78 is 0. The van der Waals surface area contributed by atoms with E-state index in [4.69, 9.17) is 5.73 Å². The lowest BCUT2D eigenvalue weighted by atomic mass is 9.76. The Hall–Kier alpha value is -1.06. The van der Waals surface area contributed by atoms with Crippen molar-refractivity contribution in [2.24, 2.45) is 29.4 Å². The smallest absolute Gasteiger partial charge is 0.226 e. The van der Waals surface area contributed by atoms with Gasteiger partial charge in [-0.3, -0.25) is 9.59 Å². The van der Waals surface area contributed by atoms with Gasteiger partial charge >= 0.3 is 0 Å². The first-order valence-corrected chi connectivity index (χ1v) is 11.1. The molecule has 0 aromatic carbocycles. The van der Waals surface area contributed by atoms with Crippen molar-refractivity contribution in [1.82, 2.24) is 4.90 Å². The molecule has 3 saturated carbocycles. The number of hydrogen-bond acceptors (Lipinski definition) is 2. The van der Waals surface area contributed by atoms with E-state index in [0.29, 0.717) is 29.8 Å². The van der Waals surface area contributed by atoms with E-state index in [2.05, 4.69) is 18.7 Å². The molecule has 0 aromatic heterocycles. The molecule has 4 atom stereocenters. The number of hydrogen-bond donors (Lipinski definition) is 1. The van der Waals surface area contributed by atoms with Crippen LogP contribution in [0.3, 0.4) is 0 Å². The van der Waals surface area contributed by atoms with Gasteiger partial charge in [0, 0.05) is 23.9 Å². The molecule has 4 nitrogen and oxygen atoms in total. The molecular formula is C22H38N2O2. The summed E-state index contributed by atoms with van der Waals surface area (Å²) in [6.45, 7) is 4.70. The third-order valence-corrected chi connectivity index (χ3v) is 7.58. The maximum Gasteiger partial charge on any atom is 0.226 e. The van der Waals surface area contributed by atoms with Crippen LogP contribution in [-0.2, 0) is 9.59 Å². The summed E-state index contributed by atoms with van der Waals surface area (Å²) in [6, 6.07) is 0.853. The lowest BCUT2D eigenvalue weighted by Crippen LogP contribution is -2.55. The second-order valence-electron chi connectivity index (χ2n) is 9.35. The van der Waals surface area contributed by atoms with Crippen LogP contribution in [0, 0.1) is 23.7 Å². The van der Waals surface area contributed by atoms with Crippen molar-refractivity contribution < 1.29 is 9.59 Å². The van der Waals surface area contributed by atoms with E-state index in [1.54, 1.807) is 0 Å². The zero-order valence-corrected chi connectivity index (χ0v) is 16.8. The van der Waals surface area contributed by atoms with Crippen molar-refractivity contribution >= 4 is 11.8 Å². The minimum absolute atomic E-state index is 0.0188. The molecule has 3 fully saturated rings. The number of rotatable bonds is 4. The van der Waals surface area contributed by atoms with E-state index in [1.807, 2.05) is 0 Å². The first-order chi connectivity index (χ1) is 12.5. The maximum absolute atomic E-state index is 13.7. The molecule has 0 heterocycles. The van der Waals surface area contributed by atoms with Gasteiger partial charge in [-0.25, -0.2) is 0 Å². The van der Waals surface area contributed by atoms with Crippen LogP contribution in [0.25, 0.3) is 0 Å². The van der Waals surface area contributed by atoms with Crippen LogP contribution in [0.5, 0.6) is 0 Å². The highest BCUT2D eigenvalue weighted by atomic mass is 16.2. The van der Waals surface area contributed by atoms with Crippen molar-refractivity contribution in [2.75, 3.05) is 0 Å². The SMILES string of the molecule is CC1CCCCC1N(C(=O)C1CCC(C(N)=O)CC1)C1CCCCC1C. The molecule has 26 heavy (non-hydrogen) atoms. The fraction of sp³-hybridized carbons (Fsp3) is 0.909. The van der Waals surface area contributed by atoms with E-state index < -0.39 is 0 Å². The van der Waals surface area contributed by atoms with Gasteiger partial charge in [-0.05, 0) is 63.2 Å². The number of carbonyl (C=O) groups excluding carboxylic acids is 2. The molecule has 148 valence electrons. The van der Waals surface area contributed by atoms with Crippen molar-refractivity contribution in [3.8, 4) is 0 Å². The lowest BCUT2D eigenvalue weighted by Gasteiger charge is -2.48. The van der Waals surface area contributed by atoms with Crippen LogP contribution < -0.4 is 5.73 Å². The van der Waals surface area contributed by atoms with Crippen LogP contribution >= 0.6 is 0 Å². The van der Waals surface area contributed by atoms with Gasteiger partial charge in [-0.15, -0.1) is 0 Å². The van der Waals surface area contributed by atoms with Crippen molar-refractivity contribution in [3.05, 3.63) is 0 Å². The highest BCUT2D eigenvalue weighted by Crippen LogP contribution is 2.39. The molecule has 4 heteroatoms. The standard InChI is InChI=1S/C22H38N2O2/c1-15-7-3-5-9-19(15)24(20-10-6-4-8-16(20)2)22(26)18-13-11-17(12-14-18)21(23)25/h15-20H,3-14H2,1-2H3,(H2,23,25). The molecule has 3 aliphatic rings. The van der Waals surface area contributed by atoms with E-state index in [0.717, 1.165) is 25.7 Å². The first-order valence-electron chi connectivity index (χ1n) is 11.1. The van der Waals surface area contributed by atoms with E-state index in [-0.39, 0.29) is 17.7 Å². The summed E-state index contributed by atoms with van der Waals surface area (Å²) in [5.41, 5.74) is 5.48. The number of nitrogens with zero attached hydrogens (tertiary/aromatic N) is 1. The topological polar surface area (TPSA) is 63.4 Å². The van der Waals surface area contributed by atoms with Crippen LogP contribution in [0.15, 0.2) is 0 Å². The Kier molecular flexibility index (Phi) is 6.63. The molecule has 0 aliphatic heterocycles. The van der Waals surface area contributed by atoms with Crippen LogP contribution in [-0.4, -0.2) is 28.8 Å². The first kappa shape index (κ1) is 19.7. The zero-order chi connectivity index (χ0) is 18.7. The monoisotopic (exact) mass is 362 g/mol. The highest BCUT2D eigenvalue weighted by Gasteiger charge is 2.41. The summed E-state index contributed by atoms with van der Waals surface area (Å²) in [5.74, 6) is 1.52. The lowest BCUT2D eigenvalue weighted by molar-refractivity contribution is -0.147. The zero-order valence-electron chi connectivity index (χ0n) is 16.8. The molecule has 3 aliphatic carbocycles. The summed E-state index contributed by atoms with van der Waals surface area (Å²) in [4.78, 5) is 27.5. The largest absolute Gasteiger partial charge is 0.369 e. The van der Waals surface area contributed by atoms with Gasteiger partial charge in [0.1, 0.15) is 0 Å². The number of primary amides is 1. The van der Waals surface area contributed by atoms with Gasteiger partial charge in [-0.1, -0.05) is 39.5 Å².